The first kappa shape index (κ1) is 18.0. The van der Waals surface area contributed by atoms with E-state index in [4.69, 9.17) is 0 Å². The highest BCUT2D eigenvalue weighted by Crippen LogP contribution is 2.42. The predicted molar refractivity (Wildman–Crippen MR) is 105 cm³/mol. The smallest absolute Gasteiger partial charge is 0.258 e. The van der Waals surface area contributed by atoms with E-state index in [1.54, 1.807) is 4.90 Å². The van der Waals surface area contributed by atoms with Crippen molar-refractivity contribution in [3.63, 3.8) is 0 Å². The number of halogens is 1. The molecular formula is C21H25ClN2O. The highest BCUT2D eigenvalue weighted by molar-refractivity contribution is 6.05. The van der Waals surface area contributed by atoms with E-state index in [1.807, 2.05) is 49.5 Å². The Balaban J connectivity index is 0.00000182. The number of carbonyl (C=O) groups is 1. The topological polar surface area (TPSA) is 32.3 Å². The molecule has 4 rings (SSSR count). The van der Waals surface area contributed by atoms with E-state index in [0.29, 0.717) is 12.0 Å². The zero-order valence-electron chi connectivity index (χ0n) is 14.5. The average molecular weight is 357 g/mol. The zero-order chi connectivity index (χ0) is 16.5. The van der Waals surface area contributed by atoms with Crippen LogP contribution in [0.3, 0.4) is 0 Å². The van der Waals surface area contributed by atoms with Crippen LogP contribution in [0.1, 0.15) is 41.1 Å². The highest BCUT2D eigenvalue weighted by atomic mass is 35.5. The van der Waals surface area contributed by atoms with Crippen molar-refractivity contribution in [3.05, 3.63) is 65.7 Å². The van der Waals surface area contributed by atoms with Crippen molar-refractivity contribution in [3.8, 4) is 0 Å². The second kappa shape index (κ2) is 7.59. The third-order valence-corrected chi connectivity index (χ3v) is 5.17. The molecule has 2 aromatic rings. The van der Waals surface area contributed by atoms with E-state index in [9.17, 15) is 4.79 Å². The van der Waals surface area contributed by atoms with Crippen molar-refractivity contribution in [1.82, 2.24) is 5.32 Å². The van der Waals surface area contributed by atoms with Gasteiger partial charge in [-0.3, -0.25) is 4.79 Å². The number of nitrogens with one attached hydrogen (secondary N) is 1. The van der Waals surface area contributed by atoms with Crippen LogP contribution in [0.5, 0.6) is 0 Å². The lowest BCUT2D eigenvalue weighted by molar-refractivity contribution is 0.0993. The van der Waals surface area contributed by atoms with Gasteiger partial charge in [0, 0.05) is 30.3 Å². The molecule has 0 radical (unpaired) electrons. The summed E-state index contributed by atoms with van der Waals surface area (Å²) in [5, 5.41) is 3.67. The Kier molecular flexibility index (Phi) is 5.45. The van der Waals surface area contributed by atoms with Gasteiger partial charge >= 0.3 is 0 Å². The Morgan fingerprint density at radius 2 is 1.88 bits per heavy atom. The SMILES string of the molecule is CN(C(=O)c1cccc(C2CC2NCC2CC2)c1)c1ccccc1.Cl. The van der Waals surface area contributed by atoms with Gasteiger partial charge in [-0.15, -0.1) is 12.4 Å². The van der Waals surface area contributed by atoms with Crippen molar-refractivity contribution in [2.24, 2.45) is 5.92 Å². The van der Waals surface area contributed by atoms with E-state index >= 15 is 0 Å². The van der Waals surface area contributed by atoms with Crippen LogP contribution < -0.4 is 10.2 Å². The van der Waals surface area contributed by atoms with E-state index in [1.165, 1.54) is 24.8 Å². The molecule has 2 atom stereocenters. The van der Waals surface area contributed by atoms with Crippen LogP contribution in [0, 0.1) is 5.92 Å². The van der Waals surface area contributed by atoms with Crippen molar-refractivity contribution >= 4 is 24.0 Å². The molecule has 2 unspecified atom stereocenters. The minimum absolute atomic E-state index is 0. The first-order valence-corrected chi connectivity index (χ1v) is 8.89. The van der Waals surface area contributed by atoms with Gasteiger partial charge in [0.2, 0.25) is 0 Å². The zero-order valence-corrected chi connectivity index (χ0v) is 15.3. The second-order valence-electron chi connectivity index (χ2n) is 7.13. The van der Waals surface area contributed by atoms with Crippen molar-refractivity contribution < 1.29 is 4.79 Å². The van der Waals surface area contributed by atoms with Crippen LogP contribution in [-0.4, -0.2) is 25.5 Å². The fourth-order valence-electron chi connectivity index (χ4n) is 3.29. The van der Waals surface area contributed by atoms with Crippen molar-refractivity contribution in [1.29, 1.82) is 0 Å². The summed E-state index contributed by atoms with van der Waals surface area (Å²) in [7, 11) is 1.83. The Hall–Kier alpha value is -1.84. The number of benzene rings is 2. The van der Waals surface area contributed by atoms with Gasteiger partial charge in [-0.2, -0.15) is 0 Å². The largest absolute Gasteiger partial charge is 0.313 e. The Labute approximate surface area is 155 Å². The standard InChI is InChI=1S/C21H24N2O.ClH/c1-23(18-8-3-2-4-9-18)21(24)17-7-5-6-16(12-17)19-13-20(19)22-14-15-10-11-15;/h2-9,12,15,19-20,22H,10-11,13-14H2,1H3;1H. The van der Waals surface area contributed by atoms with Crippen LogP contribution in [0.4, 0.5) is 5.69 Å². The molecule has 2 saturated carbocycles. The maximum absolute atomic E-state index is 12.8. The van der Waals surface area contributed by atoms with Crippen molar-refractivity contribution in [2.45, 2.75) is 31.2 Å². The summed E-state index contributed by atoms with van der Waals surface area (Å²) in [6.07, 6.45) is 3.97. The summed E-state index contributed by atoms with van der Waals surface area (Å²) in [5.41, 5.74) is 2.98. The molecule has 1 N–H and O–H groups in total. The van der Waals surface area contributed by atoms with Crippen LogP contribution in [-0.2, 0) is 0 Å². The molecule has 2 aliphatic carbocycles. The average Bonchev–Trinajstić information content (AvgIpc) is 3.54. The van der Waals surface area contributed by atoms with Gasteiger partial charge in [-0.25, -0.2) is 0 Å². The molecule has 1 amide bonds. The molecule has 0 aromatic heterocycles. The molecule has 0 aliphatic heterocycles. The monoisotopic (exact) mass is 356 g/mol. The number of anilines is 1. The van der Waals surface area contributed by atoms with Crippen LogP contribution in [0.15, 0.2) is 54.6 Å². The summed E-state index contributed by atoms with van der Waals surface area (Å²) >= 11 is 0. The number of nitrogens with zero attached hydrogens (tertiary/aromatic N) is 1. The molecule has 132 valence electrons. The Morgan fingerprint density at radius 3 is 2.60 bits per heavy atom. The fraction of sp³-hybridized carbons (Fsp3) is 0.381. The molecule has 3 nitrogen and oxygen atoms in total. The van der Waals surface area contributed by atoms with E-state index in [0.717, 1.165) is 23.7 Å². The summed E-state index contributed by atoms with van der Waals surface area (Å²) in [6.45, 7) is 1.16. The quantitative estimate of drug-likeness (QED) is 0.839. The normalized spacial score (nSPS) is 21.3. The molecule has 2 aromatic carbocycles. The van der Waals surface area contributed by atoms with E-state index in [-0.39, 0.29) is 18.3 Å². The van der Waals surface area contributed by atoms with Crippen molar-refractivity contribution in [2.75, 3.05) is 18.5 Å². The van der Waals surface area contributed by atoms with Gasteiger partial charge < -0.3 is 10.2 Å². The molecule has 0 saturated heterocycles. The van der Waals surface area contributed by atoms with Crippen LogP contribution >= 0.6 is 12.4 Å². The number of rotatable bonds is 6. The molecule has 0 spiro atoms. The number of amides is 1. The summed E-state index contributed by atoms with van der Waals surface area (Å²) < 4.78 is 0. The van der Waals surface area contributed by atoms with E-state index < -0.39 is 0 Å². The van der Waals surface area contributed by atoms with Gasteiger partial charge in [-0.1, -0.05) is 30.3 Å². The second-order valence-corrected chi connectivity index (χ2v) is 7.13. The van der Waals surface area contributed by atoms with Gasteiger partial charge in [0.15, 0.2) is 0 Å². The molecule has 4 heteroatoms. The highest BCUT2D eigenvalue weighted by Gasteiger charge is 2.39. The number of para-hydroxylation sites is 1. The predicted octanol–water partition coefficient (Wildman–Crippen LogP) is 4.24. The number of hydrogen-bond donors (Lipinski definition) is 1. The minimum Gasteiger partial charge on any atom is -0.313 e. The summed E-state index contributed by atoms with van der Waals surface area (Å²) in [5.74, 6) is 1.53. The molecule has 25 heavy (non-hydrogen) atoms. The first-order valence-electron chi connectivity index (χ1n) is 8.89. The molecular weight excluding hydrogens is 332 g/mol. The number of hydrogen-bond acceptors (Lipinski definition) is 2. The van der Waals surface area contributed by atoms with Gasteiger partial charge in [-0.05, 0) is 61.6 Å². The third-order valence-electron chi connectivity index (χ3n) is 5.17. The first-order chi connectivity index (χ1) is 11.7. The maximum Gasteiger partial charge on any atom is 0.258 e. The van der Waals surface area contributed by atoms with Crippen LogP contribution in [0.2, 0.25) is 0 Å². The molecule has 2 fully saturated rings. The molecule has 0 heterocycles. The minimum atomic E-state index is 0. The lowest BCUT2D eigenvalue weighted by atomic mass is 10.1. The van der Waals surface area contributed by atoms with Crippen LogP contribution in [0.25, 0.3) is 0 Å². The Bertz CT molecular complexity index is 730. The summed E-state index contributed by atoms with van der Waals surface area (Å²) in [4.78, 5) is 14.5. The lowest BCUT2D eigenvalue weighted by Crippen LogP contribution is -2.26. The Morgan fingerprint density at radius 1 is 1.12 bits per heavy atom. The number of carbonyl (C=O) groups excluding carboxylic acids is 1. The van der Waals surface area contributed by atoms with Gasteiger partial charge in [0.05, 0.1) is 0 Å². The van der Waals surface area contributed by atoms with E-state index in [2.05, 4.69) is 17.4 Å². The molecule has 0 bridgehead atoms. The van der Waals surface area contributed by atoms with Gasteiger partial charge in [0.1, 0.15) is 0 Å². The maximum atomic E-state index is 12.8. The lowest BCUT2D eigenvalue weighted by Gasteiger charge is -2.17. The summed E-state index contributed by atoms with van der Waals surface area (Å²) in [6, 6.07) is 18.5. The fourth-order valence-corrected chi connectivity index (χ4v) is 3.29. The molecule has 2 aliphatic rings. The third kappa shape index (κ3) is 4.23. The van der Waals surface area contributed by atoms with Gasteiger partial charge in [0.25, 0.3) is 5.91 Å².